The van der Waals surface area contributed by atoms with Crippen LogP contribution >= 0.6 is 0 Å². The van der Waals surface area contributed by atoms with Crippen LogP contribution in [0.5, 0.6) is 0 Å². The van der Waals surface area contributed by atoms with E-state index in [1.54, 1.807) is 0 Å². The molecule has 0 aliphatic heterocycles. The van der Waals surface area contributed by atoms with Gasteiger partial charge in [0, 0.05) is 31.5 Å². The Morgan fingerprint density at radius 1 is 1.41 bits per heavy atom. The van der Waals surface area contributed by atoms with E-state index in [2.05, 4.69) is 31.2 Å². The fourth-order valence-electron chi connectivity index (χ4n) is 1.95. The van der Waals surface area contributed by atoms with Gasteiger partial charge in [0.1, 0.15) is 0 Å². The number of hydrogen-bond donors (Lipinski definition) is 2. The van der Waals surface area contributed by atoms with Gasteiger partial charge >= 0.3 is 0 Å². The average Bonchev–Trinajstić information content (AvgIpc) is 2.54. The molecule has 0 bridgehead atoms. The molecule has 0 amide bonds. The third-order valence-corrected chi connectivity index (χ3v) is 3.32. The Balaban J connectivity index is 2.27. The van der Waals surface area contributed by atoms with Gasteiger partial charge in [0.25, 0.3) is 0 Å². The van der Waals surface area contributed by atoms with Gasteiger partial charge in [-0.1, -0.05) is 6.92 Å². The Morgan fingerprint density at radius 2 is 2.12 bits per heavy atom. The highest BCUT2D eigenvalue weighted by Crippen LogP contribution is 2.11. The van der Waals surface area contributed by atoms with Gasteiger partial charge in [-0.15, -0.1) is 0 Å². The maximum Gasteiger partial charge on any atom is 0.0641 e. The third kappa shape index (κ3) is 4.13. The van der Waals surface area contributed by atoms with Crippen LogP contribution in [0.15, 0.2) is 0 Å². The third-order valence-electron chi connectivity index (χ3n) is 3.32. The van der Waals surface area contributed by atoms with E-state index in [-0.39, 0.29) is 0 Å². The van der Waals surface area contributed by atoms with Gasteiger partial charge in [-0.2, -0.15) is 5.10 Å². The zero-order chi connectivity index (χ0) is 12.8. The van der Waals surface area contributed by atoms with E-state index in [1.165, 1.54) is 11.3 Å². The highest BCUT2D eigenvalue weighted by Gasteiger charge is 2.08. The molecule has 1 unspecified atom stereocenters. The molecule has 0 spiro atoms. The fourth-order valence-corrected chi connectivity index (χ4v) is 1.95. The van der Waals surface area contributed by atoms with Crippen molar-refractivity contribution >= 4 is 0 Å². The lowest BCUT2D eigenvalue weighted by Gasteiger charge is -2.08. The van der Waals surface area contributed by atoms with Gasteiger partial charge in [0.15, 0.2) is 0 Å². The molecule has 1 aromatic heterocycles. The predicted molar refractivity (Wildman–Crippen MR) is 69.9 cm³/mol. The quantitative estimate of drug-likeness (QED) is 0.710. The van der Waals surface area contributed by atoms with Gasteiger partial charge in [0.05, 0.1) is 5.69 Å². The second-order valence-electron chi connectivity index (χ2n) is 4.88. The SMILES string of the molecule is Cc1nn(C)c(C)c1CNCCCC(C)CO. The zero-order valence-electron chi connectivity index (χ0n) is 11.5. The molecule has 0 fully saturated rings. The number of aryl methyl sites for hydroxylation is 2. The van der Waals surface area contributed by atoms with E-state index in [1.807, 2.05) is 11.7 Å². The summed E-state index contributed by atoms with van der Waals surface area (Å²) in [7, 11) is 1.98. The molecule has 0 aromatic carbocycles. The summed E-state index contributed by atoms with van der Waals surface area (Å²) < 4.78 is 1.93. The van der Waals surface area contributed by atoms with Crippen molar-refractivity contribution < 1.29 is 5.11 Å². The maximum absolute atomic E-state index is 8.91. The zero-order valence-corrected chi connectivity index (χ0v) is 11.5. The highest BCUT2D eigenvalue weighted by molar-refractivity contribution is 5.23. The lowest BCUT2D eigenvalue weighted by atomic mass is 10.1. The Labute approximate surface area is 104 Å². The molecule has 98 valence electrons. The molecule has 0 saturated carbocycles. The van der Waals surface area contributed by atoms with Crippen LogP contribution in [-0.4, -0.2) is 28.0 Å². The van der Waals surface area contributed by atoms with Gasteiger partial charge in [-0.3, -0.25) is 4.68 Å². The molecular formula is C13H25N3O. The number of nitrogens with one attached hydrogen (secondary N) is 1. The van der Waals surface area contributed by atoms with Crippen molar-refractivity contribution in [3.05, 3.63) is 17.0 Å². The van der Waals surface area contributed by atoms with Gasteiger partial charge in [-0.05, 0) is 39.2 Å². The van der Waals surface area contributed by atoms with Crippen LogP contribution in [0.4, 0.5) is 0 Å². The summed E-state index contributed by atoms with van der Waals surface area (Å²) in [6.07, 6.45) is 2.19. The maximum atomic E-state index is 8.91. The van der Waals surface area contributed by atoms with Crippen LogP contribution in [-0.2, 0) is 13.6 Å². The predicted octanol–water partition coefficient (Wildman–Crippen LogP) is 1.54. The van der Waals surface area contributed by atoms with E-state index < -0.39 is 0 Å². The molecule has 0 aliphatic carbocycles. The normalized spacial score (nSPS) is 13.0. The Morgan fingerprint density at radius 3 is 2.65 bits per heavy atom. The van der Waals surface area contributed by atoms with Crippen LogP contribution in [0.2, 0.25) is 0 Å². The molecule has 4 heteroatoms. The molecule has 4 nitrogen and oxygen atoms in total. The number of rotatable bonds is 7. The molecular weight excluding hydrogens is 214 g/mol. The smallest absolute Gasteiger partial charge is 0.0641 e. The van der Waals surface area contributed by atoms with Gasteiger partial charge in [-0.25, -0.2) is 0 Å². The minimum Gasteiger partial charge on any atom is -0.396 e. The molecule has 0 saturated heterocycles. The summed E-state index contributed by atoms with van der Waals surface area (Å²) >= 11 is 0. The molecule has 2 N–H and O–H groups in total. The van der Waals surface area contributed by atoms with E-state index in [0.29, 0.717) is 12.5 Å². The fraction of sp³-hybridized carbons (Fsp3) is 0.769. The van der Waals surface area contributed by atoms with Gasteiger partial charge in [0.2, 0.25) is 0 Å². The van der Waals surface area contributed by atoms with Crippen LogP contribution < -0.4 is 5.32 Å². The minimum absolute atomic E-state index is 0.292. The summed E-state index contributed by atoms with van der Waals surface area (Å²) in [6, 6.07) is 0. The minimum atomic E-state index is 0.292. The standard InChI is InChI=1S/C13H25N3O/c1-10(9-17)6-5-7-14-8-13-11(2)15-16(4)12(13)3/h10,14,17H,5-9H2,1-4H3. The first kappa shape index (κ1) is 14.2. The van der Waals surface area contributed by atoms with Crippen LogP contribution in [0.25, 0.3) is 0 Å². The molecule has 17 heavy (non-hydrogen) atoms. The largest absolute Gasteiger partial charge is 0.396 e. The summed E-state index contributed by atoms with van der Waals surface area (Å²) in [5.41, 5.74) is 3.66. The van der Waals surface area contributed by atoms with E-state index in [9.17, 15) is 0 Å². The topological polar surface area (TPSA) is 50.1 Å². The van der Waals surface area contributed by atoms with E-state index >= 15 is 0 Å². The summed E-state index contributed by atoms with van der Waals surface area (Å²) in [5.74, 6) is 0.415. The Hall–Kier alpha value is -0.870. The highest BCUT2D eigenvalue weighted by atomic mass is 16.3. The van der Waals surface area contributed by atoms with Gasteiger partial charge < -0.3 is 10.4 Å². The first-order valence-corrected chi connectivity index (χ1v) is 6.37. The first-order chi connectivity index (χ1) is 8.06. The first-order valence-electron chi connectivity index (χ1n) is 6.37. The van der Waals surface area contributed by atoms with Crippen molar-refractivity contribution in [2.75, 3.05) is 13.2 Å². The number of aliphatic hydroxyl groups is 1. The Kier molecular flexibility index (Phi) is 5.65. The number of nitrogens with zero attached hydrogens (tertiary/aromatic N) is 2. The lowest BCUT2D eigenvalue weighted by molar-refractivity contribution is 0.228. The van der Waals surface area contributed by atoms with E-state index in [4.69, 9.17) is 5.11 Å². The molecule has 0 aliphatic rings. The van der Waals surface area contributed by atoms with Crippen LogP contribution in [0.3, 0.4) is 0 Å². The van der Waals surface area contributed by atoms with Crippen molar-refractivity contribution in [2.45, 2.75) is 40.2 Å². The molecule has 1 rings (SSSR count). The number of aliphatic hydroxyl groups excluding tert-OH is 1. The monoisotopic (exact) mass is 239 g/mol. The second-order valence-corrected chi connectivity index (χ2v) is 4.88. The van der Waals surface area contributed by atoms with Crippen molar-refractivity contribution in [1.82, 2.24) is 15.1 Å². The molecule has 1 heterocycles. The Bertz CT molecular complexity index is 347. The number of aromatic nitrogens is 2. The van der Waals surface area contributed by atoms with Crippen molar-refractivity contribution in [1.29, 1.82) is 0 Å². The molecule has 1 aromatic rings. The molecule has 0 radical (unpaired) electrons. The average molecular weight is 239 g/mol. The summed E-state index contributed by atoms with van der Waals surface area (Å²) in [4.78, 5) is 0. The van der Waals surface area contributed by atoms with Crippen molar-refractivity contribution in [3.8, 4) is 0 Å². The summed E-state index contributed by atoms with van der Waals surface area (Å²) in [6.45, 7) is 8.41. The van der Waals surface area contributed by atoms with Crippen molar-refractivity contribution in [2.24, 2.45) is 13.0 Å². The van der Waals surface area contributed by atoms with Crippen LogP contribution in [0.1, 0.15) is 36.7 Å². The van der Waals surface area contributed by atoms with E-state index in [0.717, 1.165) is 31.6 Å². The van der Waals surface area contributed by atoms with Crippen molar-refractivity contribution in [3.63, 3.8) is 0 Å². The lowest BCUT2D eigenvalue weighted by Crippen LogP contribution is -2.17. The van der Waals surface area contributed by atoms with Crippen LogP contribution in [0, 0.1) is 19.8 Å². The number of hydrogen-bond acceptors (Lipinski definition) is 3. The molecule has 1 atom stereocenters. The second kappa shape index (κ2) is 6.77. The summed E-state index contributed by atoms with van der Waals surface area (Å²) in [5, 5.41) is 16.7.